The third kappa shape index (κ3) is 1.23. The van der Waals surface area contributed by atoms with E-state index in [9.17, 15) is 0 Å². The molecule has 0 aliphatic carbocycles. The molecule has 0 atom stereocenters. The Kier molecular flexibility index (Phi) is 2.10. The summed E-state index contributed by atoms with van der Waals surface area (Å²) in [5.74, 6) is 0.313. The average Bonchev–Trinajstić information content (AvgIpc) is 2.60. The third-order valence-corrected chi connectivity index (χ3v) is 1.92. The van der Waals surface area contributed by atoms with Gasteiger partial charge in [0.05, 0.1) is 7.11 Å². The summed E-state index contributed by atoms with van der Waals surface area (Å²) in [5, 5.41) is 22.0. The van der Waals surface area contributed by atoms with E-state index in [0.29, 0.717) is 16.9 Å². The van der Waals surface area contributed by atoms with Crippen molar-refractivity contribution in [1.82, 2.24) is 14.6 Å². The fourth-order valence-corrected chi connectivity index (χ4v) is 1.31. The summed E-state index contributed by atoms with van der Waals surface area (Å²) >= 11 is 0. The van der Waals surface area contributed by atoms with Gasteiger partial charge in [-0.05, 0) is 6.07 Å². The van der Waals surface area contributed by atoms with Crippen molar-refractivity contribution < 1.29 is 14.8 Å². The molecule has 0 radical (unpaired) electrons. The second-order valence-corrected chi connectivity index (χ2v) is 2.71. The molecular weight excluding hydrogens is 185 g/mol. The Labute approximate surface area is 79.9 Å². The van der Waals surface area contributed by atoms with Crippen LogP contribution in [0.3, 0.4) is 0 Å². The molecule has 0 aliphatic rings. The molecule has 0 unspecified atom stereocenters. The van der Waals surface area contributed by atoms with E-state index >= 15 is 0 Å². The van der Waals surface area contributed by atoms with Crippen molar-refractivity contribution >= 4 is 18.1 Å². The first-order valence-electron chi connectivity index (χ1n) is 3.96. The zero-order valence-electron chi connectivity index (χ0n) is 7.45. The number of rotatable bonds is 2. The van der Waals surface area contributed by atoms with E-state index < -0.39 is 7.12 Å². The van der Waals surface area contributed by atoms with Gasteiger partial charge in [0.15, 0.2) is 0 Å². The van der Waals surface area contributed by atoms with E-state index in [0.717, 1.165) is 0 Å². The minimum atomic E-state index is -1.56. The van der Waals surface area contributed by atoms with Crippen LogP contribution in [0.5, 0.6) is 5.88 Å². The molecule has 7 heteroatoms. The van der Waals surface area contributed by atoms with Gasteiger partial charge in [-0.15, -0.1) is 0 Å². The first-order valence-corrected chi connectivity index (χ1v) is 3.96. The predicted octanol–water partition coefficient (Wildman–Crippen LogP) is -1.58. The highest BCUT2D eigenvalue weighted by Crippen LogP contribution is 2.12. The van der Waals surface area contributed by atoms with Crippen LogP contribution in [0, 0.1) is 0 Å². The van der Waals surface area contributed by atoms with Crippen molar-refractivity contribution in [3.63, 3.8) is 0 Å². The standard InChI is InChI=1S/C7H8BN3O3/c1-14-7-6-5(8(12)13)2-3-11(6)10-4-9-7/h2-4,12-13H,1H3. The third-order valence-electron chi connectivity index (χ3n) is 1.92. The fourth-order valence-electron chi connectivity index (χ4n) is 1.31. The van der Waals surface area contributed by atoms with Crippen LogP contribution in [-0.2, 0) is 0 Å². The molecule has 2 aromatic heterocycles. The van der Waals surface area contributed by atoms with Gasteiger partial charge in [0.25, 0.3) is 0 Å². The first kappa shape index (κ1) is 8.98. The van der Waals surface area contributed by atoms with Crippen LogP contribution in [0.25, 0.3) is 5.52 Å². The lowest BCUT2D eigenvalue weighted by atomic mass is 9.81. The zero-order valence-corrected chi connectivity index (χ0v) is 7.45. The number of methoxy groups -OCH3 is 1. The van der Waals surface area contributed by atoms with Crippen LogP contribution < -0.4 is 10.2 Å². The van der Waals surface area contributed by atoms with Crippen LogP contribution in [-0.4, -0.2) is 38.9 Å². The van der Waals surface area contributed by atoms with Crippen LogP contribution in [0.15, 0.2) is 18.6 Å². The molecule has 2 aromatic rings. The van der Waals surface area contributed by atoms with Gasteiger partial charge in [0, 0.05) is 11.7 Å². The van der Waals surface area contributed by atoms with E-state index in [-0.39, 0.29) is 0 Å². The van der Waals surface area contributed by atoms with E-state index in [1.54, 1.807) is 12.3 Å². The van der Waals surface area contributed by atoms with Gasteiger partial charge in [-0.1, -0.05) is 0 Å². The quantitative estimate of drug-likeness (QED) is 0.562. The lowest BCUT2D eigenvalue weighted by Crippen LogP contribution is -2.29. The highest BCUT2D eigenvalue weighted by molar-refractivity contribution is 6.61. The maximum absolute atomic E-state index is 9.06. The van der Waals surface area contributed by atoms with E-state index in [1.165, 1.54) is 18.0 Å². The molecule has 0 amide bonds. The Morgan fingerprint density at radius 2 is 2.29 bits per heavy atom. The SMILES string of the molecule is COc1ncnn2ccc(B(O)O)c12. The topological polar surface area (TPSA) is 79.9 Å². The maximum atomic E-state index is 9.06. The molecule has 2 heterocycles. The molecule has 0 saturated heterocycles. The highest BCUT2D eigenvalue weighted by atomic mass is 16.5. The van der Waals surface area contributed by atoms with Crippen molar-refractivity contribution in [2.75, 3.05) is 7.11 Å². The van der Waals surface area contributed by atoms with Crippen molar-refractivity contribution in [3.05, 3.63) is 18.6 Å². The average molecular weight is 193 g/mol. The molecule has 0 bridgehead atoms. The highest BCUT2D eigenvalue weighted by Gasteiger charge is 2.19. The second kappa shape index (κ2) is 3.28. The largest absolute Gasteiger partial charge is 0.490 e. The van der Waals surface area contributed by atoms with Crippen LogP contribution in [0.2, 0.25) is 0 Å². The number of fused-ring (bicyclic) bond motifs is 1. The molecule has 72 valence electrons. The number of hydrogen-bond donors (Lipinski definition) is 2. The van der Waals surface area contributed by atoms with Crippen molar-refractivity contribution in [2.24, 2.45) is 0 Å². The Bertz CT molecular complexity index is 456. The molecule has 0 fully saturated rings. The summed E-state index contributed by atoms with van der Waals surface area (Å²) in [6, 6.07) is 1.55. The van der Waals surface area contributed by atoms with Gasteiger partial charge in [0.1, 0.15) is 11.8 Å². The Morgan fingerprint density at radius 3 is 2.93 bits per heavy atom. The van der Waals surface area contributed by atoms with Gasteiger partial charge < -0.3 is 14.8 Å². The number of hydrogen-bond acceptors (Lipinski definition) is 5. The molecule has 2 N–H and O–H groups in total. The Hall–Kier alpha value is -1.60. The molecule has 0 aliphatic heterocycles. The van der Waals surface area contributed by atoms with Gasteiger partial charge in [-0.2, -0.15) is 10.1 Å². The predicted molar refractivity (Wildman–Crippen MR) is 49.4 cm³/mol. The second-order valence-electron chi connectivity index (χ2n) is 2.71. The fraction of sp³-hybridized carbons (Fsp3) is 0.143. The van der Waals surface area contributed by atoms with Crippen LogP contribution in [0.4, 0.5) is 0 Å². The zero-order chi connectivity index (χ0) is 10.1. The first-order chi connectivity index (χ1) is 6.74. The lowest BCUT2D eigenvalue weighted by molar-refractivity contribution is 0.398. The summed E-state index contributed by atoms with van der Waals surface area (Å²) in [6.45, 7) is 0. The van der Waals surface area contributed by atoms with Crippen LogP contribution in [0.1, 0.15) is 0 Å². The minimum Gasteiger partial charge on any atom is -0.479 e. The maximum Gasteiger partial charge on any atom is 0.490 e. The molecular formula is C7H8BN3O3. The van der Waals surface area contributed by atoms with Gasteiger partial charge in [0.2, 0.25) is 5.88 Å². The van der Waals surface area contributed by atoms with Crippen LogP contribution >= 0.6 is 0 Å². The number of nitrogens with zero attached hydrogens (tertiary/aromatic N) is 3. The molecule has 0 aromatic carbocycles. The van der Waals surface area contributed by atoms with Crippen molar-refractivity contribution in [3.8, 4) is 5.88 Å². The van der Waals surface area contributed by atoms with E-state index in [1.807, 2.05) is 0 Å². The van der Waals surface area contributed by atoms with E-state index in [2.05, 4.69) is 10.1 Å². The van der Waals surface area contributed by atoms with E-state index in [4.69, 9.17) is 14.8 Å². The number of ether oxygens (including phenoxy) is 1. The summed E-state index contributed by atoms with van der Waals surface area (Å²) in [7, 11) is -0.0945. The Balaban J connectivity index is 2.74. The summed E-state index contributed by atoms with van der Waals surface area (Å²) in [4.78, 5) is 3.86. The van der Waals surface area contributed by atoms with Gasteiger partial charge >= 0.3 is 7.12 Å². The lowest BCUT2D eigenvalue weighted by Gasteiger charge is -2.02. The Morgan fingerprint density at radius 1 is 1.50 bits per heavy atom. The van der Waals surface area contributed by atoms with Gasteiger partial charge in [-0.3, -0.25) is 0 Å². The molecule has 0 saturated carbocycles. The summed E-state index contributed by atoms with van der Waals surface area (Å²) < 4.78 is 6.46. The molecule has 2 rings (SSSR count). The molecule has 6 nitrogen and oxygen atoms in total. The summed E-state index contributed by atoms with van der Waals surface area (Å²) in [6.07, 6.45) is 2.94. The van der Waals surface area contributed by atoms with Gasteiger partial charge in [-0.25, -0.2) is 4.52 Å². The summed E-state index contributed by atoms with van der Waals surface area (Å²) in [5.41, 5.74) is 0.785. The van der Waals surface area contributed by atoms with Crippen molar-refractivity contribution in [1.29, 1.82) is 0 Å². The molecule has 14 heavy (non-hydrogen) atoms. The smallest absolute Gasteiger partial charge is 0.479 e. The molecule has 0 spiro atoms. The monoisotopic (exact) mass is 193 g/mol. The van der Waals surface area contributed by atoms with Crippen molar-refractivity contribution in [2.45, 2.75) is 0 Å². The number of aromatic nitrogens is 3. The minimum absolute atomic E-state index is 0.313. The normalized spacial score (nSPS) is 10.5.